The molecule has 0 radical (unpaired) electrons. The van der Waals surface area contributed by atoms with Crippen molar-refractivity contribution in [1.29, 1.82) is 0 Å². The summed E-state index contributed by atoms with van der Waals surface area (Å²) in [7, 11) is 0. The molecular formula is C19H22ClNO3. The fourth-order valence-corrected chi connectivity index (χ4v) is 2.75. The van der Waals surface area contributed by atoms with Crippen molar-refractivity contribution in [2.75, 3.05) is 11.9 Å². The Hall–Kier alpha value is -2.20. The number of carbonyl (C=O) groups is 1. The van der Waals surface area contributed by atoms with Crippen molar-refractivity contribution in [3.8, 4) is 11.5 Å². The molecule has 0 aromatic heterocycles. The van der Waals surface area contributed by atoms with Crippen LogP contribution in [-0.4, -0.2) is 17.6 Å². The Labute approximate surface area is 147 Å². The Morgan fingerprint density at radius 2 is 1.96 bits per heavy atom. The van der Waals surface area contributed by atoms with Gasteiger partial charge in [0.25, 0.3) is 0 Å². The van der Waals surface area contributed by atoms with Crippen LogP contribution in [0, 0.1) is 0 Å². The van der Waals surface area contributed by atoms with E-state index in [4.69, 9.17) is 16.3 Å². The molecule has 0 saturated carbocycles. The number of anilines is 1. The molecular weight excluding hydrogens is 326 g/mol. The molecule has 0 unspecified atom stereocenters. The molecule has 0 bridgehead atoms. The number of hydrogen-bond donors (Lipinski definition) is 2. The molecule has 0 saturated heterocycles. The van der Waals surface area contributed by atoms with Crippen LogP contribution in [-0.2, 0) is 6.42 Å². The van der Waals surface area contributed by atoms with Gasteiger partial charge >= 0.3 is 5.97 Å². The number of carboxylic acid groups (broad SMARTS) is 1. The van der Waals surface area contributed by atoms with Crippen molar-refractivity contribution in [1.82, 2.24) is 0 Å². The number of hydrogen-bond acceptors (Lipinski definition) is 3. The summed E-state index contributed by atoms with van der Waals surface area (Å²) in [6, 6.07) is 10.8. The first-order valence-electron chi connectivity index (χ1n) is 8.13. The van der Waals surface area contributed by atoms with Gasteiger partial charge in [0.05, 0.1) is 16.3 Å². The van der Waals surface area contributed by atoms with Crippen LogP contribution in [0.15, 0.2) is 36.4 Å². The summed E-state index contributed by atoms with van der Waals surface area (Å²) in [4.78, 5) is 11.6. The third-order valence-electron chi connectivity index (χ3n) is 3.72. The maximum atomic E-state index is 11.6. The summed E-state index contributed by atoms with van der Waals surface area (Å²) in [5.41, 5.74) is 1.58. The van der Waals surface area contributed by atoms with Crippen LogP contribution in [0.25, 0.3) is 0 Å². The number of benzene rings is 2. The molecule has 2 N–H and O–H groups in total. The van der Waals surface area contributed by atoms with Gasteiger partial charge in [-0.2, -0.15) is 0 Å². The lowest BCUT2D eigenvalue weighted by Gasteiger charge is -2.19. The number of unbranched alkanes of at least 4 members (excludes halogenated alkanes) is 1. The fraction of sp³-hybridized carbons (Fsp3) is 0.316. The van der Waals surface area contributed by atoms with Crippen LogP contribution in [0.1, 0.15) is 42.6 Å². The Morgan fingerprint density at radius 1 is 1.25 bits per heavy atom. The van der Waals surface area contributed by atoms with Crippen molar-refractivity contribution < 1.29 is 14.6 Å². The highest BCUT2D eigenvalue weighted by Crippen LogP contribution is 2.41. The van der Waals surface area contributed by atoms with Crippen molar-refractivity contribution in [3.63, 3.8) is 0 Å². The van der Waals surface area contributed by atoms with E-state index < -0.39 is 5.97 Å². The average molecular weight is 348 g/mol. The lowest BCUT2D eigenvalue weighted by molar-refractivity contribution is 0.0696. The normalized spacial score (nSPS) is 10.5. The highest BCUT2D eigenvalue weighted by atomic mass is 35.5. The van der Waals surface area contributed by atoms with Gasteiger partial charge < -0.3 is 15.2 Å². The molecule has 128 valence electrons. The van der Waals surface area contributed by atoms with E-state index in [1.54, 1.807) is 0 Å². The zero-order valence-electron chi connectivity index (χ0n) is 13.9. The molecule has 0 spiro atoms. The maximum absolute atomic E-state index is 11.6. The molecule has 5 heteroatoms. The van der Waals surface area contributed by atoms with Crippen LogP contribution >= 0.6 is 11.6 Å². The van der Waals surface area contributed by atoms with E-state index in [9.17, 15) is 9.90 Å². The van der Waals surface area contributed by atoms with E-state index in [2.05, 4.69) is 12.2 Å². The molecule has 2 rings (SSSR count). The summed E-state index contributed by atoms with van der Waals surface area (Å²) in [5.74, 6) is 0.141. The van der Waals surface area contributed by atoms with Gasteiger partial charge in [-0.25, -0.2) is 4.79 Å². The van der Waals surface area contributed by atoms with Crippen molar-refractivity contribution in [2.24, 2.45) is 0 Å². The SMILES string of the molecule is CCCCNc1c(CC)c(C(=O)O)cc(Cl)c1Oc1ccccc1. The fourth-order valence-electron chi connectivity index (χ4n) is 2.51. The van der Waals surface area contributed by atoms with E-state index in [1.807, 2.05) is 37.3 Å². The molecule has 0 aliphatic rings. The molecule has 0 aliphatic carbocycles. The zero-order chi connectivity index (χ0) is 17.5. The van der Waals surface area contributed by atoms with E-state index >= 15 is 0 Å². The molecule has 0 fully saturated rings. The predicted molar refractivity (Wildman–Crippen MR) is 97.7 cm³/mol. The number of nitrogens with one attached hydrogen (secondary N) is 1. The molecule has 0 amide bonds. The van der Waals surface area contributed by atoms with Crippen molar-refractivity contribution in [2.45, 2.75) is 33.1 Å². The lowest BCUT2D eigenvalue weighted by Crippen LogP contribution is -2.10. The monoisotopic (exact) mass is 347 g/mol. The van der Waals surface area contributed by atoms with Gasteiger partial charge in [0.2, 0.25) is 0 Å². The standard InChI is InChI=1S/C19H22ClNO3/c1-3-5-11-21-17-14(4-2)15(19(22)23)12-16(20)18(17)24-13-9-7-6-8-10-13/h6-10,12,21H,3-5,11H2,1-2H3,(H,22,23). The highest BCUT2D eigenvalue weighted by molar-refractivity contribution is 6.33. The van der Waals surface area contributed by atoms with Crippen molar-refractivity contribution in [3.05, 3.63) is 52.5 Å². The first-order valence-corrected chi connectivity index (χ1v) is 8.51. The van der Waals surface area contributed by atoms with Crippen LogP contribution < -0.4 is 10.1 Å². The molecule has 0 heterocycles. The lowest BCUT2D eigenvalue weighted by atomic mass is 10.0. The Morgan fingerprint density at radius 3 is 2.54 bits per heavy atom. The number of ether oxygens (including phenoxy) is 1. The Bertz CT molecular complexity index is 702. The summed E-state index contributed by atoms with van der Waals surface area (Å²) in [5, 5.41) is 13.1. The van der Waals surface area contributed by atoms with Gasteiger partial charge in [0.1, 0.15) is 5.75 Å². The third kappa shape index (κ3) is 4.20. The average Bonchev–Trinajstić information content (AvgIpc) is 2.58. The molecule has 0 aliphatic heterocycles. The minimum atomic E-state index is -0.987. The van der Waals surface area contributed by atoms with Gasteiger partial charge in [-0.1, -0.05) is 50.1 Å². The summed E-state index contributed by atoms with van der Waals surface area (Å²) in [6.07, 6.45) is 2.58. The number of halogens is 1. The maximum Gasteiger partial charge on any atom is 0.336 e. The number of para-hydroxylation sites is 1. The molecule has 0 atom stereocenters. The van der Waals surface area contributed by atoms with Crippen LogP contribution in [0.5, 0.6) is 11.5 Å². The minimum absolute atomic E-state index is 0.210. The van der Waals surface area contributed by atoms with Crippen LogP contribution in [0.2, 0.25) is 5.02 Å². The van der Waals surface area contributed by atoms with Gasteiger partial charge in [0, 0.05) is 6.54 Å². The topological polar surface area (TPSA) is 58.6 Å². The number of rotatable bonds is 8. The molecule has 2 aromatic rings. The Kier molecular flexibility index (Phi) is 6.50. The molecule has 24 heavy (non-hydrogen) atoms. The predicted octanol–water partition coefficient (Wildman–Crippen LogP) is 5.60. The number of carboxylic acids is 1. The van der Waals surface area contributed by atoms with E-state index in [-0.39, 0.29) is 10.6 Å². The largest absolute Gasteiger partial charge is 0.478 e. The molecule has 2 aromatic carbocycles. The zero-order valence-corrected chi connectivity index (χ0v) is 14.7. The smallest absolute Gasteiger partial charge is 0.336 e. The minimum Gasteiger partial charge on any atom is -0.478 e. The van der Waals surface area contributed by atoms with Gasteiger partial charge in [-0.05, 0) is 36.6 Å². The Balaban J connectivity index is 2.51. The second-order valence-corrected chi connectivity index (χ2v) is 5.85. The van der Waals surface area contributed by atoms with Gasteiger partial charge in [-0.15, -0.1) is 0 Å². The molecule has 4 nitrogen and oxygen atoms in total. The quantitative estimate of drug-likeness (QED) is 0.610. The van der Waals surface area contributed by atoms with Crippen LogP contribution in [0.4, 0.5) is 5.69 Å². The first kappa shape index (κ1) is 18.1. The van der Waals surface area contributed by atoms with Crippen molar-refractivity contribution >= 4 is 23.3 Å². The van der Waals surface area contributed by atoms with Crippen LogP contribution in [0.3, 0.4) is 0 Å². The van der Waals surface area contributed by atoms with E-state index in [0.717, 1.165) is 19.4 Å². The number of aromatic carboxylic acids is 1. The first-order chi connectivity index (χ1) is 11.6. The third-order valence-corrected chi connectivity index (χ3v) is 4.00. The van der Waals surface area contributed by atoms with E-state index in [1.165, 1.54) is 6.07 Å². The van der Waals surface area contributed by atoms with Gasteiger partial charge in [-0.3, -0.25) is 0 Å². The second kappa shape index (κ2) is 8.60. The second-order valence-electron chi connectivity index (χ2n) is 5.44. The van der Waals surface area contributed by atoms with Gasteiger partial charge in [0.15, 0.2) is 5.75 Å². The highest BCUT2D eigenvalue weighted by Gasteiger charge is 2.21. The summed E-state index contributed by atoms with van der Waals surface area (Å²) < 4.78 is 5.96. The summed E-state index contributed by atoms with van der Waals surface area (Å²) in [6.45, 7) is 4.76. The summed E-state index contributed by atoms with van der Waals surface area (Å²) >= 11 is 6.34. The van der Waals surface area contributed by atoms with E-state index in [0.29, 0.717) is 29.2 Å².